The van der Waals surface area contributed by atoms with Crippen LogP contribution in [0.3, 0.4) is 0 Å². The second kappa shape index (κ2) is 7.19. The number of nitrogens with one attached hydrogen (secondary N) is 1. The Hall–Kier alpha value is -1.48. The predicted molar refractivity (Wildman–Crippen MR) is 91.5 cm³/mol. The SMILES string of the molecule is O=C(CCCCl)NCCc1c2n(c3ccccc13)CCCC2. The number of aryl methyl sites for hydroxylation is 1. The molecular weight excluding hydrogens is 296 g/mol. The lowest BCUT2D eigenvalue weighted by molar-refractivity contribution is -0.121. The summed E-state index contributed by atoms with van der Waals surface area (Å²) >= 11 is 5.62. The van der Waals surface area contributed by atoms with Gasteiger partial charge in [0.05, 0.1) is 0 Å². The normalized spacial score (nSPS) is 14.0. The van der Waals surface area contributed by atoms with Crippen molar-refractivity contribution in [2.75, 3.05) is 12.4 Å². The van der Waals surface area contributed by atoms with Crippen LogP contribution in [0, 0.1) is 0 Å². The van der Waals surface area contributed by atoms with E-state index in [2.05, 4.69) is 34.1 Å². The summed E-state index contributed by atoms with van der Waals surface area (Å²) in [6.45, 7) is 1.83. The molecule has 0 spiro atoms. The summed E-state index contributed by atoms with van der Waals surface area (Å²) < 4.78 is 2.48. The summed E-state index contributed by atoms with van der Waals surface area (Å²) in [4.78, 5) is 11.7. The molecule has 4 heteroatoms. The fourth-order valence-electron chi connectivity index (χ4n) is 3.45. The van der Waals surface area contributed by atoms with Crippen LogP contribution < -0.4 is 5.32 Å². The number of carbonyl (C=O) groups excluding carboxylic acids is 1. The van der Waals surface area contributed by atoms with Crippen molar-refractivity contribution in [3.8, 4) is 0 Å². The summed E-state index contributed by atoms with van der Waals surface area (Å²) in [5.41, 5.74) is 4.25. The fraction of sp³-hybridized carbons (Fsp3) is 0.500. The van der Waals surface area contributed by atoms with Gasteiger partial charge in [-0.15, -0.1) is 11.6 Å². The van der Waals surface area contributed by atoms with Gasteiger partial charge in [0, 0.05) is 42.0 Å². The van der Waals surface area contributed by atoms with Gasteiger partial charge in [0.25, 0.3) is 0 Å². The van der Waals surface area contributed by atoms with Gasteiger partial charge in [-0.05, 0) is 43.7 Å². The van der Waals surface area contributed by atoms with E-state index in [-0.39, 0.29) is 5.91 Å². The molecule has 1 amide bonds. The molecule has 3 nitrogen and oxygen atoms in total. The Morgan fingerprint density at radius 2 is 2.14 bits per heavy atom. The number of fused-ring (bicyclic) bond motifs is 3. The molecule has 118 valence electrons. The molecule has 0 radical (unpaired) electrons. The number of hydrogen-bond acceptors (Lipinski definition) is 1. The minimum Gasteiger partial charge on any atom is -0.356 e. The Balaban J connectivity index is 1.75. The summed E-state index contributed by atoms with van der Waals surface area (Å²) in [6, 6.07) is 8.65. The predicted octanol–water partition coefficient (Wildman–Crippen LogP) is 3.66. The Kier molecular flexibility index (Phi) is 5.04. The number of carbonyl (C=O) groups is 1. The van der Waals surface area contributed by atoms with Crippen molar-refractivity contribution in [1.82, 2.24) is 9.88 Å². The van der Waals surface area contributed by atoms with Gasteiger partial charge < -0.3 is 9.88 Å². The number of rotatable bonds is 6. The van der Waals surface area contributed by atoms with E-state index < -0.39 is 0 Å². The number of nitrogens with zero attached hydrogens (tertiary/aromatic N) is 1. The molecule has 0 bridgehead atoms. The smallest absolute Gasteiger partial charge is 0.220 e. The molecule has 0 fully saturated rings. The van der Waals surface area contributed by atoms with Crippen LogP contribution in [0.25, 0.3) is 10.9 Å². The lowest BCUT2D eigenvalue weighted by Crippen LogP contribution is -2.25. The van der Waals surface area contributed by atoms with E-state index in [0.29, 0.717) is 18.8 Å². The molecule has 1 aliphatic heterocycles. The van der Waals surface area contributed by atoms with Gasteiger partial charge in [0.2, 0.25) is 5.91 Å². The van der Waals surface area contributed by atoms with Crippen LogP contribution in [0.1, 0.15) is 36.9 Å². The minimum absolute atomic E-state index is 0.109. The largest absolute Gasteiger partial charge is 0.356 e. The van der Waals surface area contributed by atoms with Gasteiger partial charge in [0.1, 0.15) is 0 Å². The molecular formula is C18H23ClN2O. The Morgan fingerprint density at radius 1 is 1.27 bits per heavy atom. The number of alkyl halides is 1. The van der Waals surface area contributed by atoms with Crippen molar-refractivity contribution in [3.63, 3.8) is 0 Å². The summed E-state index contributed by atoms with van der Waals surface area (Å²) in [5.74, 6) is 0.656. The van der Waals surface area contributed by atoms with Crippen LogP contribution in [-0.4, -0.2) is 22.9 Å². The second-order valence-electron chi connectivity index (χ2n) is 5.94. The summed E-state index contributed by atoms with van der Waals surface area (Å²) in [6.07, 6.45) is 5.88. The van der Waals surface area contributed by atoms with Crippen molar-refractivity contribution in [2.24, 2.45) is 0 Å². The molecule has 0 saturated heterocycles. The maximum Gasteiger partial charge on any atom is 0.220 e. The fourth-order valence-corrected chi connectivity index (χ4v) is 3.59. The third kappa shape index (κ3) is 3.14. The highest BCUT2D eigenvalue weighted by Gasteiger charge is 2.19. The highest BCUT2D eigenvalue weighted by molar-refractivity contribution is 6.17. The van der Waals surface area contributed by atoms with Gasteiger partial charge in [-0.25, -0.2) is 0 Å². The van der Waals surface area contributed by atoms with E-state index in [1.165, 1.54) is 35.0 Å². The standard InChI is InChI=1S/C18H23ClN2O/c19-11-5-9-18(22)20-12-10-15-14-6-1-2-7-16(14)21-13-4-3-8-17(15)21/h1-2,6-7H,3-5,8-13H2,(H,20,22). The molecule has 22 heavy (non-hydrogen) atoms. The number of para-hydroxylation sites is 1. The summed E-state index contributed by atoms with van der Waals surface area (Å²) in [5, 5.41) is 4.38. The maximum absolute atomic E-state index is 11.7. The highest BCUT2D eigenvalue weighted by atomic mass is 35.5. The topological polar surface area (TPSA) is 34.0 Å². The zero-order valence-electron chi connectivity index (χ0n) is 12.9. The van der Waals surface area contributed by atoms with E-state index in [9.17, 15) is 4.79 Å². The third-order valence-electron chi connectivity index (χ3n) is 4.47. The van der Waals surface area contributed by atoms with Gasteiger partial charge in [-0.3, -0.25) is 4.79 Å². The van der Waals surface area contributed by atoms with Gasteiger partial charge in [-0.2, -0.15) is 0 Å². The number of amides is 1. The number of benzene rings is 1. The first-order chi connectivity index (χ1) is 10.8. The maximum atomic E-state index is 11.7. The lowest BCUT2D eigenvalue weighted by Gasteiger charge is -2.17. The molecule has 0 unspecified atom stereocenters. The monoisotopic (exact) mass is 318 g/mol. The van der Waals surface area contributed by atoms with Crippen molar-refractivity contribution in [2.45, 2.75) is 45.1 Å². The lowest BCUT2D eigenvalue weighted by atomic mass is 10.0. The second-order valence-corrected chi connectivity index (χ2v) is 6.32. The molecule has 1 N–H and O–H groups in total. The van der Waals surface area contributed by atoms with Crippen LogP contribution in [-0.2, 0) is 24.2 Å². The van der Waals surface area contributed by atoms with E-state index >= 15 is 0 Å². The van der Waals surface area contributed by atoms with Crippen molar-refractivity contribution < 1.29 is 4.79 Å². The van der Waals surface area contributed by atoms with Crippen LogP contribution in [0.4, 0.5) is 0 Å². The quantitative estimate of drug-likeness (QED) is 0.810. The highest BCUT2D eigenvalue weighted by Crippen LogP contribution is 2.30. The van der Waals surface area contributed by atoms with Crippen LogP contribution >= 0.6 is 11.6 Å². The zero-order chi connectivity index (χ0) is 15.4. The Labute approximate surface area is 136 Å². The zero-order valence-corrected chi connectivity index (χ0v) is 13.7. The Bertz CT molecular complexity index is 662. The van der Waals surface area contributed by atoms with E-state index in [0.717, 1.165) is 25.8 Å². The first-order valence-corrected chi connectivity index (χ1v) is 8.76. The molecule has 1 aromatic heterocycles. The van der Waals surface area contributed by atoms with Crippen LogP contribution in [0.2, 0.25) is 0 Å². The average Bonchev–Trinajstić information content (AvgIpc) is 2.88. The van der Waals surface area contributed by atoms with Crippen LogP contribution in [0.15, 0.2) is 24.3 Å². The van der Waals surface area contributed by atoms with Gasteiger partial charge >= 0.3 is 0 Å². The molecule has 3 rings (SSSR count). The van der Waals surface area contributed by atoms with E-state index in [1.807, 2.05) is 0 Å². The first-order valence-electron chi connectivity index (χ1n) is 8.23. The molecule has 0 atom stereocenters. The summed E-state index contributed by atoms with van der Waals surface area (Å²) in [7, 11) is 0. The molecule has 2 aromatic rings. The molecule has 2 heterocycles. The third-order valence-corrected chi connectivity index (χ3v) is 4.74. The van der Waals surface area contributed by atoms with E-state index in [1.54, 1.807) is 0 Å². The minimum atomic E-state index is 0.109. The van der Waals surface area contributed by atoms with Gasteiger partial charge in [0.15, 0.2) is 0 Å². The van der Waals surface area contributed by atoms with E-state index in [4.69, 9.17) is 11.6 Å². The first kappa shape index (κ1) is 15.4. The number of hydrogen-bond donors (Lipinski definition) is 1. The number of aromatic nitrogens is 1. The van der Waals surface area contributed by atoms with Crippen LogP contribution in [0.5, 0.6) is 0 Å². The number of halogens is 1. The molecule has 1 aliphatic rings. The van der Waals surface area contributed by atoms with Crippen molar-refractivity contribution in [1.29, 1.82) is 0 Å². The molecule has 0 saturated carbocycles. The average molecular weight is 319 g/mol. The van der Waals surface area contributed by atoms with Gasteiger partial charge in [-0.1, -0.05) is 18.2 Å². The molecule has 1 aromatic carbocycles. The molecule has 0 aliphatic carbocycles. The van der Waals surface area contributed by atoms with Crippen molar-refractivity contribution >= 4 is 28.4 Å². The Morgan fingerprint density at radius 3 is 3.00 bits per heavy atom. The van der Waals surface area contributed by atoms with Crippen molar-refractivity contribution in [3.05, 3.63) is 35.5 Å².